The minimum absolute atomic E-state index is 0.238. The molecule has 0 saturated carbocycles. The van der Waals surface area contributed by atoms with Crippen LogP contribution in [0.2, 0.25) is 5.02 Å². The molecular weight excluding hydrogens is 382 g/mol. The van der Waals surface area contributed by atoms with Crippen LogP contribution >= 0.6 is 27.5 Å². The van der Waals surface area contributed by atoms with E-state index in [4.69, 9.17) is 11.6 Å². The number of hydrogen-bond acceptors (Lipinski definition) is 4. The number of amides is 1. The van der Waals surface area contributed by atoms with E-state index >= 15 is 0 Å². The van der Waals surface area contributed by atoms with Gasteiger partial charge in [-0.25, -0.2) is 9.67 Å². The van der Waals surface area contributed by atoms with Crippen LogP contribution in [0.5, 0.6) is 0 Å². The Labute approximate surface area is 145 Å². The van der Waals surface area contributed by atoms with Gasteiger partial charge in [-0.2, -0.15) is 0 Å². The highest BCUT2D eigenvalue weighted by Gasteiger charge is 2.18. The summed E-state index contributed by atoms with van der Waals surface area (Å²) in [6.07, 6.45) is 1.46. The molecule has 3 aromatic rings. The van der Waals surface area contributed by atoms with E-state index in [0.29, 0.717) is 16.5 Å². The molecule has 116 valence electrons. The summed E-state index contributed by atoms with van der Waals surface area (Å²) in [6, 6.07) is 10.8. The Morgan fingerprint density at radius 3 is 2.83 bits per heavy atom. The first-order valence-electron chi connectivity index (χ1n) is 6.66. The normalized spacial score (nSPS) is 10.6. The highest BCUT2D eigenvalue weighted by Crippen LogP contribution is 2.18. The molecule has 0 unspecified atom stereocenters. The summed E-state index contributed by atoms with van der Waals surface area (Å²) in [6.45, 7) is 1.78. The van der Waals surface area contributed by atoms with Gasteiger partial charge in [0.05, 0.1) is 16.4 Å². The number of nitrogens with one attached hydrogen (secondary N) is 1. The zero-order valence-corrected chi connectivity index (χ0v) is 14.3. The van der Waals surface area contributed by atoms with Gasteiger partial charge in [0.2, 0.25) is 0 Å². The van der Waals surface area contributed by atoms with Crippen molar-refractivity contribution in [3.05, 3.63) is 63.5 Å². The van der Waals surface area contributed by atoms with E-state index in [9.17, 15) is 4.79 Å². The molecule has 1 amide bonds. The molecule has 2 aromatic heterocycles. The molecule has 0 fully saturated rings. The van der Waals surface area contributed by atoms with Crippen molar-refractivity contribution >= 4 is 39.3 Å². The van der Waals surface area contributed by atoms with Gasteiger partial charge >= 0.3 is 0 Å². The molecule has 1 aromatic carbocycles. The van der Waals surface area contributed by atoms with Crippen molar-refractivity contribution in [3.63, 3.8) is 0 Å². The fourth-order valence-electron chi connectivity index (χ4n) is 2.02. The molecule has 0 radical (unpaired) electrons. The van der Waals surface area contributed by atoms with Crippen LogP contribution < -0.4 is 5.32 Å². The lowest BCUT2D eigenvalue weighted by Crippen LogP contribution is -2.15. The molecule has 2 heterocycles. The summed E-state index contributed by atoms with van der Waals surface area (Å²) < 4.78 is 2.52. The van der Waals surface area contributed by atoms with Crippen molar-refractivity contribution in [3.8, 4) is 5.69 Å². The predicted molar refractivity (Wildman–Crippen MR) is 91.0 cm³/mol. The Kier molecular flexibility index (Phi) is 4.40. The largest absolute Gasteiger partial charge is 0.305 e. The molecule has 1 N–H and O–H groups in total. The highest BCUT2D eigenvalue weighted by molar-refractivity contribution is 9.10. The number of nitrogens with zero attached hydrogens (tertiary/aromatic N) is 4. The number of hydrogen-bond donors (Lipinski definition) is 1. The minimum atomic E-state index is -0.376. The third kappa shape index (κ3) is 3.40. The molecule has 0 aliphatic rings. The molecule has 3 rings (SSSR count). The number of halogens is 2. The second-order valence-corrected chi connectivity index (χ2v) is 6.08. The summed E-state index contributed by atoms with van der Waals surface area (Å²) in [7, 11) is 0. The van der Waals surface area contributed by atoms with Gasteiger partial charge in [0.1, 0.15) is 5.82 Å². The fourth-order valence-corrected chi connectivity index (χ4v) is 2.52. The van der Waals surface area contributed by atoms with Crippen LogP contribution in [0.25, 0.3) is 5.69 Å². The van der Waals surface area contributed by atoms with Gasteiger partial charge in [0.25, 0.3) is 5.91 Å². The van der Waals surface area contributed by atoms with Crippen LogP contribution in [-0.2, 0) is 0 Å². The van der Waals surface area contributed by atoms with Crippen molar-refractivity contribution < 1.29 is 4.79 Å². The lowest BCUT2D eigenvalue weighted by molar-refractivity contribution is 0.102. The van der Waals surface area contributed by atoms with Gasteiger partial charge in [0, 0.05) is 10.7 Å². The van der Waals surface area contributed by atoms with Gasteiger partial charge in [-0.3, -0.25) is 4.79 Å². The first kappa shape index (κ1) is 15.6. The summed E-state index contributed by atoms with van der Waals surface area (Å²) in [5, 5.41) is 11.2. The van der Waals surface area contributed by atoms with Crippen molar-refractivity contribution in [2.24, 2.45) is 0 Å². The molecule has 23 heavy (non-hydrogen) atoms. The first-order chi connectivity index (χ1) is 11.0. The maximum atomic E-state index is 12.3. The number of aromatic nitrogens is 4. The second kappa shape index (κ2) is 6.47. The van der Waals surface area contributed by atoms with Crippen LogP contribution in [0, 0.1) is 6.92 Å². The van der Waals surface area contributed by atoms with Crippen molar-refractivity contribution in [2.45, 2.75) is 6.92 Å². The zero-order chi connectivity index (χ0) is 16.4. The molecule has 0 spiro atoms. The maximum absolute atomic E-state index is 12.3. The Balaban J connectivity index is 1.86. The van der Waals surface area contributed by atoms with Gasteiger partial charge in [-0.05, 0) is 37.3 Å². The number of pyridine rings is 1. The number of anilines is 1. The smallest absolute Gasteiger partial charge is 0.279 e. The van der Waals surface area contributed by atoms with E-state index in [-0.39, 0.29) is 11.6 Å². The zero-order valence-electron chi connectivity index (χ0n) is 12.0. The lowest BCUT2D eigenvalue weighted by Gasteiger charge is -2.05. The minimum Gasteiger partial charge on any atom is -0.305 e. The molecule has 0 aliphatic carbocycles. The maximum Gasteiger partial charge on any atom is 0.279 e. The Hall–Kier alpha value is -2.25. The number of carbonyl (C=O) groups excluding carboxylic acids is 1. The summed E-state index contributed by atoms with van der Waals surface area (Å²) >= 11 is 9.18. The fraction of sp³-hybridized carbons (Fsp3) is 0.0667. The van der Waals surface area contributed by atoms with Gasteiger partial charge in [-0.1, -0.05) is 38.8 Å². The molecule has 0 bridgehead atoms. The van der Waals surface area contributed by atoms with Gasteiger partial charge < -0.3 is 5.32 Å². The van der Waals surface area contributed by atoms with E-state index in [1.807, 2.05) is 24.3 Å². The van der Waals surface area contributed by atoms with Crippen molar-refractivity contribution in [1.82, 2.24) is 20.0 Å². The molecular formula is C15H11BrClN5O. The Morgan fingerprint density at radius 2 is 2.13 bits per heavy atom. The third-order valence-corrected chi connectivity index (χ3v) is 3.85. The van der Waals surface area contributed by atoms with Crippen LogP contribution in [0.4, 0.5) is 5.82 Å². The summed E-state index contributed by atoms with van der Waals surface area (Å²) in [4.78, 5) is 16.3. The summed E-state index contributed by atoms with van der Waals surface area (Å²) in [5.41, 5.74) is 1.68. The molecule has 0 aliphatic heterocycles. The van der Waals surface area contributed by atoms with Crippen LogP contribution in [0.3, 0.4) is 0 Å². The Morgan fingerprint density at radius 1 is 1.30 bits per heavy atom. The van der Waals surface area contributed by atoms with Crippen LogP contribution in [0.1, 0.15) is 16.2 Å². The van der Waals surface area contributed by atoms with E-state index < -0.39 is 0 Å². The average molecular weight is 393 g/mol. The second-order valence-electron chi connectivity index (χ2n) is 4.73. The third-order valence-electron chi connectivity index (χ3n) is 3.13. The molecule has 0 saturated heterocycles. The monoisotopic (exact) mass is 391 g/mol. The predicted octanol–water partition coefficient (Wildman–Crippen LogP) is 3.64. The lowest BCUT2D eigenvalue weighted by atomic mass is 10.3. The van der Waals surface area contributed by atoms with Crippen LogP contribution in [0.15, 0.2) is 47.1 Å². The molecule has 6 nitrogen and oxygen atoms in total. The summed E-state index contributed by atoms with van der Waals surface area (Å²) in [5.74, 6) is 0.0226. The Bertz CT molecular complexity index is 863. The van der Waals surface area contributed by atoms with Gasteiger partial charge in [0.15, 0.2) is 5.69 Å². The standard InChI is InChI=1S/C15H11BrClN5O/c1-9-14(15(23)19-13-6-5-11(17)8-18-13)20-21-22(9)12-4-2-3-10(16)7-12/h2-8H,1H3,(H,18,19,23). The van der Waals surface area contributed by atoms with E-state index in [0.717, 1.165) is 10.2 Å². The SMILES string of the molecule is Cc1c(C(=O)Nc2ccc(Cl)cn2)nnn1-c1cccc(Br)c1. The van der Waals surface area contributed by atoms with Crippen molar-refractivity contribution in [1.29, 1.82) is 0 Å². The average Bonchev–Trinajstić information content (AvgIpc) is 2.91. The number of carbonyl (C=O) groups is 1. The number of benzene rings is 1. The van der Waals surface area contributed by atoms with E-state index in [1.165, 1.54) is 6.20 Å². The molecule has 0 atom stereocenters. The topological polar surface area (TPSA) is 72.7 Å². The van der Waals surface area contributed by atoms with E-state index in [1.54, 1.807) is 23.7 Å². The van der Waals surface area contributed by atoms with Gasteiger partial charge in [-0.15, -0.1) is 5.10 Å². The number of rotatable bonds is 3. The highest BCUT2D eigenvalue weighted by atomic mass is 79.9. The quantitative estimate of drug-likeness (QED) is 0.738. The first-order valence-corrected chi connectivity index (χ1v) is 7.83. The van der Waals surface area contributed by atoms with E-state index in [2.05, 4.69) is 36.5 Å². The molecule has 8 heteroatoms. The van der Waals surface area contributed by atoms with Crippen LogP contribution in [-0.4, -0.2) is 25.9 Å². The van der Waals surface area contributed by atoms with Crippen molar-refractivity contribution in [2.75, 3.05) is 5.32 Å².